The van der Waals surface area contributed by atoms with Gasteiger partial charge in [-0.3, -0.25) is 9.78 Å². The van der Waals surface area contributed by atoms with Crippen molar-refractivity contribution in [3.05, 3.63) is 53.8 Å². The molecule has 0 unspecified atom stereocenters. The summed E-state index contributed by atoms with van der Waals surface area (Å²) in [4.78, 5) is 16.3. The highest BCUT2D eigenvalue weighted by molar-refractivity contribution is 6.07. The molecule has 1 amide bonds. The summed E-state index contributed by atoms with van der Waals surface area (Å²) < 4.78 is 19.7. The van der Waals surface area contributed by atoms with Crippen LogP contribution in [0.15, 0.2) is 41.1 Å². The lowest BCUT2D eigenvalue weighted by Gasteiger charge is -2.09. The standard InChI is InChI=1S/C17H16FN3O3.C2H6/c1-10-2-3-13(12(18)8-10)21-15-11-9-19-5-4-14(11)24-16(15)17(23)20-6-7-22;1-2/h2-5,8-9,21-22H,6-7H2,1H3,(H,20,23);1-2H3. The molecule has 2 heterocycles. The van der Waals surface area contributed by atoms with Gasteiger partial charge in [-0.05, 0) is 30.7 Å². The lowest BCUT2D eigenvalue weighted by Crippen LogP contribution is -2.26. The number of hydrogen-bond donors (Lipinski definition) is 3. The highest BCUT2D eigenvalue weighted by Gasteiger charge is 2.21. The van der Waals surface area contributed by atoms with Crippen LogP contribution in [0.1, 0.15) is 30.0 Å². The number of amides is 1. The molecule has 3 aromatic rings. The molecular weight excluding hydrogens is 337 g/mol. The molecule has 0 saturated heterocycles. The molecule has 3 N–H and O–H groups in total. The maximum Gasteiger partial charge on any atom is 0.289 e. The zero-order valence-electron chi connectivity index (χ0n) is 15.0. The maximum absolute atomic E-state index is 14.1. The van der Waals surface area contributed by atoms with Crippen molar-refractivity contribution in [3.63, 3.8) is 0 Å². The number of carbonyl (C=O) groups excluding carboxylic acids is 1. The zero-order chi connectivity index (χ0) is 19.1. The van der Waals surface area contributed by atoms with E-state index in [1.807, 2.05) is 13.8 Å². The van der Waals surface area contributed by atoms with Crippen LogP contribution >= 0.6 is 0 Å². The van der Waals surface area contributed by atoms with Crippen LogP contribution in [0.3, 0.4) is 0 Å². The van der Waals surface area contributed by atoms with Crippen molar-refractivity contribution in [2.75, 3.05) is 18.5 Å². The van der Waals surface area contributed by atoms with E-state index in [2.05, 4.69) is 15.6 Å². The minimum absolute atomic E-state index is 0.00595. The van der Waals surface area contributed by atoms with Gasteiger partial charge in [0.25, 0.3) is 5.91 Å². The Morgan fingerprint density at radius 3 is 2.77 bits per heavy atom. The minimum atomic E-state index is -0.504. The van der Waals surface area contributed by atoms with Gasteiger partial charge in [-0.1, -0.05) is 19.9 Å². The SMILES string of the molecule is CC.Cc1ccc(Nc2c(C(=O)NCCO)oc3ccncc23)c(F)c1. The molecular formula is C19H22FN3O3. The number of rotatable bonds is 5. The van der Waals surface area contributed by atoms with Crippen LogP contribution in [-0.2, 0) is 0 Å². The number of aromatic nitrogens is 1. The Labute approximate surface area is 151 Å². The van der Waals surface area contributed by atoms with Gasteiger partial charge in [0, 0.05) is 18.9 Å². The summed E-state index contributed by atoms with van der Waals surface area (Å²) in [6, 6.07) is 6.37. The molecule has 1 aromatic carbocycles. The Hall–Kier alpha value is -2.93. The number of aryl methyl sites for hydroxylation is 1. The van der Waals surface area contributed by atoms with E-state index in [4.69, 9.17) is 9.52 Å². The third-order valence-electron chi connectivity index (χ3n) is 3.48. The Morgan fingerprint density at radius 1 is 1.31 bits per heavy atom. The van der Waals surface area contributed by atoms with Crippen LogP contribution in [0.2, 0.25) is 0 Å². The number of nitrogens with one attached hydrogen (secondary N) is 2. The topological polar surface area (TPSA) is 87.4 Å². The maximum atomic E-state index is 14.1. The van der Waals surface area contributed by atoms with Crippen LogP contribution in [0, 0.1) is 12.7 Å². The fourth-order valence-electron chi connectivity index (χ4n) is 2.33. The monoisotopic (exact) mass is 359 g/mol. The van der Waals surface area contributed by atoms with Crippen molar-refractivity contribution in [2.24, 2.45) is 0 Å². The lowest BCUT2D eigenvalue weighted by atomic mass is 10.2. The summed E-state index contributed by atoms with van der Waals surface area (Å²) in [5.74, 6) is -0.934. The largest absolute Gasteiger partial charge is 0.448 e. The smallest absolute Gasteiger partial charge is 0.289 e. The van der Waals surface area contributed by atoms with Gasteiger partial charge >= 0.3 is 0 Å². The normalized spacial score (nSPS) is 10.2. The molecule has 0 saturated carbocycles. The lowest BCUT2D eigenvalue weighted by molar-refractivity contribution is 0.0920. The van der Waals surface area contributed by atoms with Gasteiger partial charge in [0.15, 0.2) is 0 Å². The number of benzene rings is 1. The first-order valence-corrected chi connectivity index (χ1v) is 8.39. The quantitative estimate of drug-likeness (QED) is 0.645. The van der Waals surface area contributed by atoms with E-state index in [1.54, 1.807) is 25.1 Å². The van der Waals surface area contributed by atoms with Gasteiger partial charge in [-0.15, -0.1) is 0 Å². The molecule has 0 aliphatic heterocycles. The van der Waals surface area contributed by atoms with Crippen molar-refractivity contribution in [1.82, 2.24) is 10.3 Å². The van der Waals surface area contributed by atoms with Gasteiger partial charge < -0.3 is 20.2 Å². The first-order chi connectivity index (χ1) is 12.6. The Kier molecular flexibility index (Phi) is 6.68. The molecule has 26 heavy (non-hydrogen) atoms. The van der Waals surface area contributed by atoms with Gasteiger partial charge in [-0.2, -0.15) is 0 Å². The molecule has 0 bridgehead atoms. The molecule has 0 aliphatic carbocycles. The van der Waals surface area contributed by atoms with Crippen LogP contribution in [-0.4, -0.2) is 29.1 Å². The predicted molar refractivity (Wildman–Crippen MR) is 99.2 cm³/mol. The van der Waals surface area contributed by atoms with E-state index >= 15 is 0 Å². The van der Waals surface area contributed by atoms with Crippen molar-refractivity contribution < 1.29 is 18.7 Å². The van der Waals surface area contributed by atoms with E-state index in [9.17, 15) is 9.18 Å². The van der Waals surface area contributed by atoms with E-state index in [0.29, 0.717) is 16.7 Å². The predicted octanol–water partition coefficient (Wildman–Crippen LogP) is 3.77. The number of hydrogen-bond acceptors (Lipinski definition) is 5. The Bertz CT molecular complexity index is 893. The summed E-state index contributed by atoms with van der Waals surface area (Å²) in [6.07, 6.45) is 3.08. The molecule has 0 aliphatic rings. The first kappa shape index (κ1) is 19.4. The fraction of sp³-hybridized carbons (Fsp3) is 0.263. The molecule has 6 nitrogen and oxygen atoms in total. The second kappa shape index (κ2) is 8.96. The van der Waals surface area contributed by atoms with Crippen LogP contribution in [0.5, 0.6) is 0 Å². The molecule has 0 atom stereocenters. The zero-order valence-corrected chi connectivity index (χ0v) is 15.0. The molecule has 3 rings (SSSR count). The molecule has 7 heteroatoms. The molecule has 0 radical (unpaired) electrons. The fourth-order valence-corrected chi connectivity index (χ4v) is 2.33. The molecule has 2 aromatic heterocycles. The van der Waals surface area contributed by atoms with Gasteiger partial charge in [-0.25, -0.2) is 4.39 Å². The number of nitrogens with zero attached hydrogens (tertiary/aromatic N) is 1. The summed E-state index contributed by atoms with van der Waals surface area (Å²) in [5.41, 5.74) is 1.80. The number of aliphatic hydroxyl groups is 1. The van der Waals surface area contributed by atoms with E-state index in [1.165, 1.54) is 18.5 Å². The average Bonchev–Trinajstić information content (AvgIpc) is 3.02. The van der Waals surface area contributed by atoms with E-state index in [-0.39, 0.29) is 24.6 Å². The molecule has 0 fully saturated rings. The van der Waals surface area contributed by atoms with Crippen LogP contribution in [0.25, 0.3) is 11.0 Å². The number of anilines is 2. The highest BCUT2D eigenvalue weighted by atomic mass is 19.1. The van der Waals surface area contributed by atoms with Gasteiger partial charge in [0.2, 0.25) is 5.76 Å². The minimum Gasteiger partial charge on any atom is -0.448 e. The van der Waals surface area contributed by atoms with Gasteiger partial charge in [0.1, 0.15) is 17.1 Å². The second-order valence-corrected chi connectivity index (χ2v) is 5.27. The summed E-state index contributed by atoms with van der Waals surface area (Å²) in [6.45, 7) is 5.69. The van der Waals surface area contributed by atoms with E-state index in [0.717, 1.165) is 5.56 Å². The third-order valence-corrected chi connectivity index (χ3v) is 3.48. The summed E-state index contributed by atoms with van der Waals surface area (Å²) in [7, 11) is 0. The molecule has 138 valence electrons. The molecule has 0 spiro atoms. The summed E-state index contributed by atoms with van der Waals surface area (Å²) >= 11 is 0. The highest BCUT2D eigenvalue weighted by Crippen LogP contribution is 2.33. The van der Waals surface area contributed by atoms with Crippen molar-refractivity contribution in [3.8, 4) is 0 Å². The van der Waals surface area contributed by atoms with Crippen molar-refractivity contribution in [1.29, 1.82) is 0 Å². The van der Waals surface area contributed by atoms with Crippen molar-refractivity contribution in [2.45, 2.75) is 20.8 Å². The number of fused-ring (bicyclic) bond motifs is 1. The number of carbonyl (C=O) groups is 1. The van der Waals surface area contributed by atoms with Crippen LogP contribution < -0.4 is 10.6 Å². The Balaban J connectivity index is 0.00000117. The van der Waals surface area contributed by atoms with Gasteiger partial charge in [0.05, 0.1) is 17.7 Å². The third kappa shape index (κ3) is 4.18. The second-order valence-electron chi connectivity index (χ2n) is 5.27. The number of halogens is 1. The first-order valence-electron chi connectivity index (χ1n) is 8.39. The number of pyridine rings is 1. The summed E-state index contributed by atoms with van der Waals surface area (Å²) in [5, 5.41) is 14.8. The number of furan rings is 1. The van der Waals surface area contributed by atoms with Crippen molar-refractivity contribution >= 4 is 28.3 Å². The Morgan fingerprint density at radius 2 is 2.08 bits per heavy atom. The number of aliphatic hydroxyl groups excluding tert-OH is 1. The van der Waals surface area contributed by atoms with Crippen LogP contribution in [0.4, 0.5) is 15.8 Å². The van der Waals surface area contributed by atoms with E-state index < -0.39 is 11.7 Å². The average molecular weight is 359 g/mol.